The quantitative estimate of drug-likeness (QED) is 0.872. The third-order valence-electron chi connectivity index (χ3n) is 2.80. The summed E-state index contributed by atoms with van der Waals surface area (Å²) in [5, 5.41) is 3.44. The summed E-state index contributed by atoms with van der Waals surface area (Å²) in [5.41, 5.74) is 3.18. The number of hydrogen-bond donors (Lipinski definition) is 1. The minimum absolute atomic E-state index is 0.200. The van der Waals surface area contributed by atoms with Gasteiger partial charge >= 0.3 is 0 Å². The molecule has 0 aliphatic rings. The van der Waals surface area contributed by atoms with E-state index in [-0.39, 0.29) is 6.04 Å². The standard InChI is InChI=1S/C14H18N4/c1-3-16-13(8-12-4-6-15-7-5-12)14-10-17-11(2)9-18-14/h4-7,9-10,13,16H,3,8H2,1-2H3. The molecule has 0 aliphatic heterocycles. The van der Waals surface area contributed by atoms with Crippen molar-refractivity contribution in [3.8, 4) is 0 Å². The van der Waals surface area contributed by atoms with Gasteiger partial charge in [-0.1, -0.05) is 6.92 Å². The van der Waals surface area contributed by atoms with Crippen LogP contribution in [0.25, 0.3) is 0 Å². The Bertz CT molecular complexity index is 467. The summed E-state index contributed by atoms with van der Waals surface area (Å²) in [6, 6.07) is 4.27. The number of pyridine rings is 1. The molecule has 0 aromatic carbocycles. The molecule has 2 aromatic rings. The van der Waals surface area contributed by atoms with Crippen LogP contribution in [0.3, 0.4) is 0 Å². The molecule has 0 amide bonds. The van der Waals surface area contributed by atoms with Gasteiger partial charge in [0.05, 0.1) is 23.6 Å². The summed E-state index contributed by atoms with van der Waals surface area (Å²) in [7, 11) is 0. The zero-order chi connectivity index (χ0) is 12.8. The van der Waals surface area contributed by atoms with Gasteiger partial charge in [0.1, 0.15) is 0 Å². The third-order valence-corrected chi connectivity index (χ3v) is 2.80. The first kappa shape index (κ1) is 12.6. The number of aromatic nitrogens is 3. The average molecular weight is 242 g/mol. The lowest BCUT2D eigenvalue weighted by Gasteiger charge is -2.17. The molecule has 4 nitrogen and oxygen atoms in total. The first-order valence-electron chi connectivity index (χ1n) is 6.20. The van der Waals surface area contributed by atoms with Crippen molar-refractivity contribution in [1.29, 1.82) is 0 Å². The molecule has 0 bridgehead atoms. The van der Waals surface area contributed by atoms with Crippen LogP contribution in [-0.2, 0) is 6.42 Å². The topological polar surface area (TPSA) is 50.7 Å². The summed E-state index contributed by atoms with van der Waals surface area (Å²) < 4.78 is 0. The fourth-order valence-electron chi connectivity index (χ4n) is 1.86. The molecule has 0 saturated heterocycles. The molecule has 0 saturated carbocycles. The molecule has 18 heavy (non-hydrogen) atoms. The Kier molecular flexibility index (Phi) is 4.36. The monoisotopic (exact) mass is 242 g/mol. The van der Waals surface area contributed by atoms with Crippen LogP contribution >= 0.6 is 0 Å². The summed E-state index contributed by atoms with van der Waals surface area (Å²) in [4.78, 5) is 12.8. The lowest BCUT2D eigenvalue weighted by molar-refractivity contribution is 0.534. The SMILES string of the molecule is CCNC(Cc1ccncc1)c1cnc(C)cn1. The molecule has 1 unspecified atom stereocenters. The Labute approximate surface area is 108 Å². The van der Waals surface area contributed by atoms with Gasteiger partial charge in [-0.25, -0.2) is 0 Å². The second-order valence-corrected chi connectivity index (χ2v) is 4.25. The van der Waals surface area contributed by atoms with Gasteiger partial charge in [0.2, 0.25) is 0 Å². The number of likely N-dealkylation sites (N-methyl/N-ethyl adjacent to an activating group) is 1. The van der Waals surface area contributed by atoms with Gasteiger partial charge in [-0.15, -0.1) is 0 Å². The molecule has 0 spiro atoms. The van der Waals surface area contributed by atoms with Crippen LogP contribution in [0, 0.1) is 6.92 Å². The highest BCUT2D eigenvalue weighted by atomic mass is 14.9. The summed E-state index contributed by atoms with van der Waals surface area (Å²) >= 11 is 0. The third kappa shape index (κ3) is 3.34. The van der Waals surface area contributed by atoms with Crippen LogP contribution in [0.4, 0.5) is 0 Å². The largest absolute Gasteiger partial charge is 0.309 e. The van der Waals surface area contributed by atoms with E-state index in [9.17, 15) is 0 Å². The van der Waals surface area contributed by atoms with Crippen molar-refractivity contribution in [2.45, 2.75) is 26.3 Å². The predicted octanol–water partition coefficient (Wildman–Crippen LogP) is 2.07. The number of nitrogens with one attached hydrogen (secondary N) is 1. The van der Waals surface area contributed by atoms with E-state index in [1.807, 2.05) is 43.8 Å². The van der Waals surface area contributed by atoms with E-state index in [2.05, 4.69) is 27.2 Å². The lowest BCUT2D eigenvalue weighted by Crippen LogP contribution is -2.24. The van der Waals surface area contributed by atoms with Crippen molar-refractivity contribution in [3.05, 3.63) is 53.9 Å². The molecule has 1 atom stereocenters. The fourth-order valence-corrected chi connectivity index (χ4v) is 1.86. The van der Waals surface area contributed by atoms with E-state index < -0.39 is 0 Å². The van der Waals surface area contributed by atoms with Crippen molar-refractivity contribution >= 4 is 0 Å². The second kappa shape index (κ2) is 6.21. The van der Waals surface area contributed by atoms with E-state index in [1.165, 1.54) is 5.56 Å². The molecule has 2 heterocycles. The van der Waals surface area contributed by atoms with E-state index >= 15 is 0 Å². The molecule has 1 N–H and O–H groups in total. The molecule has 2 aromatic heterocycles. The Morgan fingerprint density at radius 2 is 1.94 bits per heavy atom. The van der Waals surface area contributed by atoms with Crippen LogP contribution < -0.4 is 5.32 Å². The van der Waals surface area contributed by atoms with E-state index in [0.29, 0.717) is 0 Å². The van der Waals surface area contributed by atoms with E-state index in [1.54, 1.807) is 0 Å². The van der Waals surface area contributed by atoms with Crippen molar-refractivity contribution in [2.75, 3.05) is 6.54 Å². The van der Waals surface area contributed by atoms with Crippen LogP contribution in [0.15, 0.2) is 36.9 Å². The first-order valence-corrected chi connectivity index (χ1v) is 6.20. The van der Waals surface area contributed by atoms with Gasteiger partial charge in [0.15, 0.2) is 0 Å². The normalized spacial score (nSPS) is 12.3. The minimum Gasteiger partial charge on any atom is -0.309 e. The molecule has 0 fully saturated rings. The van der Waals surface area contributed by atoms with Crippen LogP contribution in [0.5, 0.6) is 0 Å². The van der Waals surface area contributed by atoms with Crippen molar-refractivity contribution < 1.29 is 0 Å². The maximum atomic E-state index is 4.45. The molecular weight excluding hydrogens is 224 g/mol. The second-order valence-electron chi connectivity index (χ2n) is 4.25. The Hall–Kier alpha value is -1.81. The van der Waals surface area contributed by atoms with Crippen LogP contribution in [0.1, 0.15) is 29.9 Å². The van der Waals surface area contributed by atoms with Gasteiger partial charge in [0, 0.05) is 18.6 Å². The number of aryl methyl sites for hydroxylation is 1. The predicted molar refractivity (Wildman–Crippen MR) is 71.1 cm³/mol. The summed E-state index contributed by atoms with van der Waals surface area (Å²) in [6.45, 7) is 4.95. The first-order chi connectivity index (χ1) is 8.79. The van der Waals surface area contributed by atoms with Crippen LogP contribution in [0.2, 0.25) is 0 Å². The molecule has 2 rings (SSSR count). The van der Waals surface area contributed by atoms with Gasteiger partial charge < -0.3 is 5.32 Å². The highest BCUT2D eigenvalue weighted by molar-refractivity contribution is 5.15. The molecule has 0 aliphatic carbocycles. The summed E-state index contributed by atoms with van der Waals surface area (Å²) in [5.74, 6) is 0. The van der Waals surface area contributed by atoms with Gasteiger partial charge in [-0.3, -0.25) is 15.0 Å². The van der Waals surface area contributed by atoms with Gasteiger partial charge in [0.25, 0.3) is 0 Å². The van der Waals surface area contributed by atoms with Crippen molar-refractivity contribution in [3.63, 3.8) is 0 Å². The van der Waals surface area contributed by atoms with E-state index in [4.69, 9.17) is 0 Å². The maximum absolute atomic E-state index is 4.45. The zero-order valence-electron chi connectivity index (χ0n) is 10.8. The highest BCUT2D eigenvalue weighted by Crippen LogP contribution is 2.15. The molecule has 4 heteroatoms. The zero-order valence-corrected chi connectivity index (χ0v) is 10.8. The summed E-state index contributed by atoms with van der Waals surface area (Å²) in [6.07, 6.45) is 8.20. The van der Waals surface area contributed by atoms with E-state index in [0.717, 1.165) is 24.4 Å². The van der Waals surface area contributed by atoms with Gasteiger partial charge in [-0.2, -0.15) is 0 Å². The lowest BCUT2D eigenvalue weighted by atomic mass is 10.0. The fraction of sp³-hybridized carbons (Fsp3) is 0.357. The Balaban J connectivity index is 2.15. The minimum atomic E-state index is 0.200. The Morgan fingerprint density at radius 3 is 2.56 bits per heavy atom. The number of nitrogens with zero attached hydrogens (tertiary/aromatic N) is 3. The smallest absolute Gasteiger partial charge is 0.0759 e. The van der Waals surface area contributed by atoms with Crippen LogP contribution in [-0.4, -0.2) is 21.5 Å². The van der Waals surface area contributed by atoms with Gasteiger partial charge in [-0.05, 0) is 37.6 Å². The number of rotatable bonds is 5. The van der Waals surface area contributed by atoms with Crippen molar-refractivity contribution in [1.82, 2.24) is 20.3 Å². The van der Waals surface area contributed by atoms with Crippen molar-refractivity contribution in [2.24, 2.45) is 0 Å². The molecule has 0 radical (unpaired) electrons. The Morgan fingerprint density at radius 1 is 1.17 bits per heavy atom. The highest BCUT2D eigenvalue weighted by Gasteiger charge is 2.12. The maximum Gasteiger partial charge on any atom is 0.0759 e. The number of hydrogen-bond acceptors (Lipinski definition) is 4. The molecule has 94 valence electrons. The average Bonchev–Trinajstić information content (AvgIpc) is 2.40. The molecular formula is C14H18N4.